The fourth-order valence-corrected chi connectivity index (χ4v) is 1.97. The first-order valence-electron chi connectivity index (χ1n) is 3.09. The summed E-state index contributed by atoms with van der Waals surface area (Å²) in [4.78, 5) is 10.5. The van der Waals surface area contributed by atoms with Crippen LogP contribution >= 0.6 is 31.9 Å². The molecule has 6 heteroatoms. The van der Waals surface area contributed by atoms with Gasteiger partial charge >= 0.3 is 0 Å². The molecular formula is C7H3Br2FNO2-. The summed E-state index contributed by atoms with van der Waals surface area (Å²) in [6.45, 7) is 0. The summed E-state index contributed by atoms with van der Waals surface area (Å²) < 4.78 is 13.5. The molecule has 0 radical (unpaired) electrons. The highest BCUT2D eigenvalue weighted by atomic mass is 79.9. The molecule has 0 spiro atoms. The zero-order valence-corrected chi connectivity index (χ0v) is 9.28. The summed E-state index contributed by atoms with van der Waals surface area (Å²) in [6, 6.07) is 1.33. The summed E-state index contributed by atoms with van der Waals surface area (Å²) in [5, 5.41) is 10.5. The van der Waals surface area contributed by atoms with E-state index in [2.05, 4.69) is 31.9 Å². The number of hydrogen-bond donors (Lipinski definition) is 1. The number of hydrogen-bond acceptors (Lipinski definition) is 3. The number of halogens is 3. The number of carboxylic acid groups (broad SMARTS) is 1. The van der Waals surface area contributed by atoms with Gasteiger partial charge in [-0.3, -0.25) is 0 Å². The largest absolute Gasteiger partial charge is 0.545 e. The third kappa shape index (κ3) is 1.83. The SMILES string of the molecule is Nc1c(Br)cc(Br)c(F)c1C(=O)[O-]. The van der Waals surface area contributed by atoms with Crippen LogP contribution in [-0.2, 0) is 0 Å². The van der Waals surface area contributed by atoms with Crippen LogP contribution < -0.4 is 10.8 Å². The zero-order chi connectivity index (χ0) is 10.2. The van der Waals surface area contributed by atoms with E-state index < -0.39 is 17.3 Å². The van der Waals surface area contributed by atoms with Crippen molar-refractivity contribution >= 4 is 43.5 Å². The molecule has 70 valence electrons. The monoisotopic (exact) mass is 310 g/mol. The van der Waals surface area contributed by atoms with E-state index in [-0.39, 0.29) is 10.2 Å². The molecule has 0 aromatic heterocycles. The van der Waals surface area contributed by atoms with Crippen molar-refractivity contribution in [1.29, 1.82) is 0 Å². The molecule has 3 nitrogen and oxygen atoms in total. The number of carbonyl (C=O) groups is 1. The van der Waals surface area contributed by atoms with Gasteiger partial charge in [0.15, 0.2) is 0 Å². The molecule has 1 aromatic rings. The van der Waals surface area contributed by atoms with E-state index in [1.807, 2.05) is 0 Å². The second kappa shape index (κ2) is 3.63. The van der Waals surface area contributed by atoms with Crippen LogP contribution in [0.15, 0.2) is 15.0 Å². The first-order chi connectivity index (χ1) is 5.95. The van der Waals surface area contributed by atoms with E-state index in [1.165, 1.54) is 6.07 Å². The van der Waals surface area contributed by atoms with Crippen molar-refractivity contribution in [3.63, 3.8) is 0 Å². The van der Waals surface area contributed by atoms with Crippen molar-refractivity contribution in [2.45, 2.75) is 0 Å². The minimum Gasteiger partial charge on any atom is -0.545 e. The van der Waals surface area contributed by atoms with Gasteiger partial charge in [0, 0.05) is 4.47 Å². The average molecular weight is 312 g/mol. The number of nitrogens with two attached hydrogens (primary N) is 1. The Kier molecular flexibility index (Phi) is 2.92. The predicted molar refractivity (Wildman–Crippen MR) is 50.5 cm³/mol. The maximum atomic E-state index is 13.1. The number of anilines is 1. The quantitative estimate of drug-likeness (QED) is 0.628. The van der Waals surface area contributed by atoms with Crippen molar-refractivity contribution in [2.24, 2.45) is 0 Å². The minimum atomic E-state index is -1.64. The van der Waals surface area contributed by atoms with E-state index in [9.17, 15) is 14.3 Å². The van der Waals surface area contributed by atoms with Gasteiger partial charge in [-0.1, -0.05) is 0 Å². The Bertz CT molecular complexity index is 355. The topological polar surface area (TPSA) is 66.2 Å². The van der Waals surface area contributed by atoms with Crippen molar-refractivity contribution in [3.8, 4) is 0 Å². The van der Waals surface area contributed by atoms with Crippen LogP contribution in [0.3, 0.4) is 0 Å². The van der Waals surface area contributed by atoms with E-state index >= 15 is 0 Å². The first kappa shape index (κ1) is 10.5. The van der Waals surface area contributed by atoms with Gasteiger partial charge in [-0.05, 0) is 37.9 Å². The minimum absolute atomic E-state index is 0.0211. The lowest BCUT2D eigenvalue weighted by Crippen LogP contribution is -2.25. The Labute approximate surface area is 90.0 Å². The maximum absolute atomic E-state index is 13.1. The van der Waals surface area contributed by atoms with Crippen LogP contribution in [0.1, 0.15) is 10.4 Å². The summed E-state index contributed by atoms with van der Waals surface area (Å²) >= 11 is 5.83. The fourth-order valence-electron chi connectivity index (χ4n) is 0.809. The molecule has 1 rings (SSSR count). The normalized spacial score (nSPS) is 10.1. The maximum Gasteiger partial charge on any atom is 0.148 e. The van der Waals surface area contributed by atoms with Gasteiger partial charge in [0.1, 0.15) is 5.82 Å². The van der Waals surface area contributed by atoms with Crippen LogP contribution in [0, 0.1) is 5.82 Å². The van der Waals surface area contributed by atoms with Crippen molar-refractivity contribution in [3.05, 3.63) is 26.4 Å². The molecule has 0 aliphatic rings. The average Bonchev–Trinajstić information content (AvgIpc) is 2.01. The number of aromatic carboxylic acids is 1. The Balaban J connectivity index is 3.56. The van der Waals surface area contributed by atoms with Crippen molar-refractivity contribution < 1.29 is 14.3 Å². The smallest absolute Gasteiger partial charge is 0.148 e. The van der Waals surface area contributed by atoms with Gasteiger partial charge in [-0.25, -0.2) is 4.39 Å². The van der Waals surface area contributed by atoms with Gasteiger partial charge in [0.2, 0.25) is 0 Å². The summed E-state index contributed by atoms with van der Waals surface area (Å²) in [5.74, 6) is -2.57. The van der Waals surface area contributed by atoms with Crippen LogP contribution in [0.5, 0.6) is 0 Å². The van der Waals surface area contributed by atoms with E-state index in [0.29, 0.717) is 4.47 Å². The molecule has 13 heavy (non-hydrogen) atoms. The fraction of sp³-hybridized carbons (Fsp3) is 0. The lowest BCUT2D eigenvalue weighted by molar-refractivity contribution is -0.255. The van der Waals surface area contributed by atoms with Crippen LogP contribution in [0.25, 0.3) is 0 Å². The number of nitrogen functional groups attached to an aromatic ring is 1. The van der Waals surface area contributed by atoms with E-state index in [0.717, 1.165) is 0 Å². The summed E-state index contributed by atoms with van der Waals surface area (Å²) in [7, 11) is 0. The second-order valence-corrected chi connectivity index (χ2v) is 3.94. The molecule has 0 fully saturated rings. The Hall–Kier alpha value is -0.620. The molecule has 0 saturated carbocycles. The number of carbonyl (C=O) groups excluding carboxylic acids is 1. The van der Waals surface area contributed by atoms with Crippen LogP contribution in [0.2, 0.25) is 0 Å². The standard InChI is InChI=1S/C7H4Br2FNO2/c8-2-1-3(9)6(11)4(5(2)10)7(12)13/h1H,11H2,(H,12,13)/p-1. The lowest BCUT2D eigenvalue weighted by atomic mass is 10.2. The second-order valence-electron chi connectivity index (χ2n) is 2.23. The number of carboxylic acids is 1. The van der Waals surface area contributed by atoms with Crippen LogP contribution in [-0.4, -0.2) is 5.97 Å². The molecule has 0 bridgehead atoms. The Morgan fingerprint density at radius 3 is 2.46 bits per heavy atom. The van der Waals surface area contributed by atoms with E-state index in [4.69, 9.17) is 5.73 Å². The number of rotatable bonds is 1. The molecular weight excluding hydrogens is 309 g/mol. The number of benzene rings is 1. The molecule has 0 saturated heterocycles. The van der Waals surface area contributed by atoms with Crippen molar-refractivity contribution in [2.75, 3.05) is 5.73 Å². The highest BCUT2D eigenvalue weighted by molar-refractivity contribution is 9.11. The third-order valence-corrected chi connectivity index (χ3v) is 2.65. The Morgan fingerprint density at radius 2 is 2.00 bits per heavy atom. The lowest BCUT2D eigenvalue weighted by Gasteiger charge is -2.10. The van der Waals surface area contributed by atoms with Crippen LogP contribution in [0.4, 0.5) is 10.1 Å². The van der Waals surface area contributed by atoms with E-state index in [1.54, 1.807) is 0 Å². The summed E-state index contributed by atoms with van der Waals surface area (Å²) in [5.41, 5.74) is 4.51. The Morgan fingerprint density at radius 1 is 1.46 bits per heavy atom. The highest BCUT2D eigenvalue weighted by Crippen LogP contribution is 2.31. The molecule has 0 aliphatic carbocycles. The van der Waals surface area contributed by atoms with Crippen molar-refractivity contribution in [1.82, 2.24) is 0 Å². The van der Waals surface area contributed by atoms with Gasteiger partial charge in [0.05, 0.1) is 21.7 Å². The highest BCUT2D eigenvalue weighted by Gasteiger charge is 2.14. The molecule has 0 heterocycles. The van der Waals surface area contributed by atoms with Gasteiger partial charge in [0.25, 0.3) is 0 Å². The molecule has 1 aromatic carbocycles. The third-order valence-electron chi connectivity index (χ3n) is 1.41. The van der Waals surface area contributed by atoms with Gasteiger partial charge in [-0.2, -0.15) is 0 Å². The molecule has 0 atom stereocenters. The molecule has 0 aliphatic heterocycles. The van der Waals surface area contributed by atoms with Gasteiger partial charge in [-0.15, -0.1) is 0 Å². The molecule has 0 amide bonds. The molecule has 0 unspecified atom stereocenters. The van der Waals surface area contributed by atoms with Gasteiger partial charge < -0.3 is 15.6 Å². The molecule has 2 N–H and O–H groups in total. The first-order valence-corrected chi connectivity index (χ1v) is 4.68. The predicted octanol–water partition coefficient (Wildman–Crippen LogP) is 1.30. The zero-order valence-electron chi connectivity index (χ0n) is 6.11. The summed E-state index contributed by atoms with van der Waals surface area (Å²) in [6.07, 6.45) is 0.